The summed E-state index contributed by atoms with van der Waals surface area (Å²) in [5, 5.41) is 7.04. The summed E-state index contributed by atoms with van der Waals surface area (Å²) in [5.41, 5.74) is 0.911. The quantitative estimate of drug-likeness (QED) is 0.886. The Morgan fingerprint density at radius 2 is 1.80 bits per heavy atom. The Bertz CT molecular complexity index is 438. The molecule has 1 amide bonds. The predicted molar refractivity (Wildman–Crippen MR) is 84.1 cm³/mol. The zero-order chi connectivity index (χ0) is 14.5. The van der Waals surface area contributed by atoms with E-state index >= 15 is 0 Å². The van der Waals surface area contributed by atoms with Crippen LogP contribution in [-0.4, -0.2) is 18.0 Å². The minimum atomic E-state index is -0.240. The van der Waals surface area contributed by atoms with Crippen LogP contribution >= 0.6 is 11.6 Å². The number of halogens is 1. The summed E-state index contributed by atoms with van der Waals surface area (Å²) in [5.74, 6) is 0.868. The molecular weight excluding hydrogens is 272 g/mol. The number of hydrogen-bond acceptors (Lipinski definition) is 2. The topological polar surface area (TPSA) is 41.1 Å². The second-order valence-electron chi connectivity index (χ2n) is 5.84. The summed E-state index contributed by atoms with van der Waals surface area (Å²) in [4.78, 5) is 12.2. The van der Waals surface area contributed by atoms with Gasteiger partial charge in [-0.05, 0) is 62.8 Å². The first-order valence-corrected chi connectivity index (χ1v) is 7.75. The molecule has 1 unspecified atom stereocenters. The van der Waals surface area contributed by atoms with Gasteiger partial charge in [0.15, 0.2) is 0 Å². The van der Waals surface area contributed by atoms with Gasteiger partial charge in [-0.15, -0.1) is 0 Å². The van der Waals surface area contributed by atoms with Crippen molar-refractivity contribution in [2.24, 2.45) is 5.92 Å². The molecule has 1 aromatic rings. The summed E-state index contributed by atoms with van der Waals surface area (Å²) in [6.07, 6.45) is 4.62. The van der Waals surface area contributed by atoms with E-state index in [1.807, 2.05) is 31.2 Å². The standard InChI is InChI=1S/C16H23ClN2O/c1-11-3-7-15(8-4-11)19-16(20)12(2)18-14-9-5-13(17)6-10-14/h5-6,9-12,15,18H,3-4,7-8H2,1-2H3,(H,19,20). The molecule has 1 fully saturated rings. The average Bonchev–Trinajstić information content (AvgIpc) is 2.44. The molecule has 110 valence electrons. The Morgan fingerprint density at radius 1 is 1.20 bits per heavy atom. The molecule has 3 nitrogen and oxygen atoms in total. The van der Waals surface area contributed by atoms with Crippen LogP contribution < -0.4 is 10.6 Å². The van der Waals surface area contributed by atoms with Crippen LogP contribution in [0.3, 0.4) is 0 Å². The first kappa shape index (κ1) is 15.2. The molecule has 0 radical (unpaired) electrons. The molecule has 0 aromatic heterocycles. The van der Waals surface area contributed by atoms with Crippen LogP contribution in [0.2, 0.25) is 5.02 Å². The van der Waals surface area contributed by atoms with Crippen LogP contribution in [0.1, 0.15) is 39.5 Å². The van der Waals surface area contributed by atoms with Crippen molar-refractivity contribution >= 4 is 23.2 Å². The molecule has 1 saturated carbocycles. The van der Waals surface area contributed by atoms with E-state index in [0.29, 0.717) is 11.1 Å². The Kier molecular flexibility index (Phi) is 5.30. The lowest BCUT2D eigenvalue weighted by molar-refractivity contribution is -0.122. The van der Waals surface area contributed by atoms with Crippen LogP contribution in [0.15, 0.2) is 24.3 Å². The van der Waals surface area contributed by atoms with Gasteiger partial charge in [-0.25, -0.2) is 0 Å². The van der Waals surface area contributed by atoms with Crippen molar-refractivity contribution in [2.45, 2.75) is 51.6 Å². The summed E-state index contributed by atoms with van der Waals surface area (Å²) in [7, 11) is 0. The molecule has 0 bridgehead atoms. The highest BCUT2D eigenvalue weighted by Gasteiger charge is 2.22. The predicted octanol–water partition coefficient (Wildman–Crippen LogP) is 3.84. The molecule has 4 heteroatoms. The molecule has 0 heterocycles. The molecule has 2 N–H and O–H groups in total. The lowest BCUT2D eigenvalue weighted by Crippen LogP contribution is -2.44. The van der Waals surface area contributed by atoms with Crippen molar-refractivity contribution in [3.8, 4) is 0 Å². The third-order valence-electron chi connectivity index (χ3n) is 3.98. The molecule has 0 saturated heterocycles. The molecule has 1 aliphatic rings. The van der Waals surface area contributed by atoms with Crippen molar-refractivity contribution in [1.82, 2.24) is 5.32 Å². The van der Waals surface area contributed by atoms with E-state index in [-0.39, 0.29) is 11.9 Å². The second-order valence-corrected chi connectivity index (χ2v) is 6.27. The van der Waals surface area contributed by atoms with Gasteiger partial charge < -0.3 is 10.6 Å². The Hall–Kier alpha value is -1.22. The highest BCUT2D eigenvalue weighted by atomic mass is 35.5. The number of benzene rings is 1. The summed E-state index contributed by atoms with van der Waals surface area (Å²) in [6.45, 7) is 4.16. The van der Waals surface area contributed by atoms with Crippen molar-refractivity contribution in [3.63, 3.8) is 0 Å². The molecule has 1 aliphatic carbocycles. The Labute approximate surface area is 126 Å². The molecule has 1 aromatic carbocycles. The van der Waals surface area contributed by atoms with Crippen molar-refractivity contribution in [1.29, 1.82) is 0 Å². The van der Waals surface area contributed by atoms with E-state index < -0.39 is 0 Å². The third kappa shape index (κ3) is 4.41. The van der Waals surface area contributed by atoms with Gasteiger partial charge >= 0.3 is 0 Å². The van der Waals surface area contributed by atoms with E-state index in [9.17, 15) is 4.79 Å². The average molecular weight is 295 g/mol. The van der Waals surface area contributed by atoms with E-state index in [1.54, 1.807) is 0 Å². The monoisotopic (exact) mass is 294 g/mol. The van der Waals surface area contributed by atoms with Gasteiger partial charge in [-0.3, -0.25) is 4.79 Å². The number of amides is 1. The number of hydrogen-bond donors (Lipinski definition) is 2. The van der Waals surface area contributed by atoms with Gasteiger partial charge in [-0.1, -0.05) is 18.5 Å². The first-order chi connectivity index (χ1) is 9.54. The SMILES string of the molecule is CC1CCC(NC(=O)C(C)Nc2ccc(Cl)cc2)CC1. The van der Waals surface area contributed by atoms with Gasteiger partial charge in [0.1, 0.15) is 6.04 Å². The largest absolute Gasteiger partial charge is 0.374 e. The minimum Gasteiger partial charge on any atom is -0.374 e. The van der Waals surface area contributed by atoms with Crippen LogP contribution in [0.5, 0.6) is 0 Å². The fourth-order valence-corrected chi connectivity index (χ4v) is 2.72. The number of nitrogens with one attached hydrogen (secondary N) is 2. The molecule has 1 atom stereocenters. The van der Waals surface area contributed by atoms with Gasteiger partial charge in [0, 0.05) is 16.8 Å². The van der Waals surface area contributed by atoms with Crippen LogP contribution in [0.4, 0.5) is 5.69 Å². The maximum atomic E-state index is 12.2. The molecule has 2 rings (SSSR count). The van der Waals surface area contributed by atoms with Crippen molar-refractivity contribution in [2.75, 3.05) is 5.32 Å². The van der Waals surface area contributed by atoms with Crippen molar-refractivity contribution in [3.05, 3.63) is 29.3 Å². The first-order valence-electron chi connectivity index (χ1n) is 7.37. The summed E-state index contributed by atoms with van der Waals surface area (Å²) < 4.78 is 0. The highest BCUT2D eigenvalue weighted by Crippen LogP contribution is 2.23. The third-order valence-corrected chi connectivity index (χ3v) is 4.23. The summed E-state index contributed by atoms with van der Waals surface area (Å²) in [6, 6.07) is 7.50. The normalized spacial score (nSPS) is 23.9. The maximum absolute atomic E-state index is 12.2. The Balaban J connectivity index is 1.81. The molecule has 0 aliphatic heterocycles. The summed E-state index contributed by atoms with van der Waals surface area (Å²) >= 11 is 5.84. The van der Waals surface area contributed by atoms with Gasteiger partial charge in [0.25, 0.3) is 0 Å². The van der Waals surface area contributed by atoms with Gasteiger partial charge in [0.05, 0.1) is 0 Å². The van der Waals surface area contributed by atoms with Gasteiger partial charge in [0.2, 0.25) is 5.91 Å². The fourth-order valence-electron chi connectivity index (χ4n) is 2.59. The number of carbonyl (C=O) groups is 1. The van der Waals surface area contributed by atoms with E-state index in [0.717, 1.165) is 24.4 Å². The zero-order valence-electron chi connectivity index (χ0n) is 12.2. The lowest BCUT2D eigenvalue weighted by atomic mass is 9.87. The molecular formula is C16H23ClN2O. The molecule has 20 heavy (non-hydrogen) atoms. The smallest absolute Gasteiger partial charge is 0.242 e. The number of anilines is 1. The van der Waals surface area contributed by atoms with Crippen molar-refractivity contribution < 1.29 is 4.79 Å². The zero-order valence-corrected chi connectivity index (χ0v) is 12.9. The highest BCUT2D eigenvalue weighted by molar-refractivity contribution is 6.30. The van der Waals surface area contributed by atoms with Crippen LogP contribution in [0, 0.1) is 5.92 Å². The maximum Gasteiger partial charge on any atom is 0.242 e. The second kappa shape index (κ2) is 6.98. The van der Waals surface area contributed by atoms with Crippen LogP contribution in [-0.2, 0) is 4.79 Å². The van der Waals surface area contributed by atoms with E-state index in [1.165, 1.54) is 12.8 Å². The van der Waals surface area contributed by atoms with E-state index in [4.69, 9.17) is 11.6 Å². The van der Waals surface area contributed by atoms with Gasteiger partial charge in [-0.2, -0.15) is 0 Å². The number of carbonyl (C=O) groups excluding carboxylic acids is 1. The minimum absolute atomic E-state index is 0.0690. The van der Waals surface area contributed by atoms with E-state index in [2.05, 4.69) is 17.6 Å². The lowest BCUT2D eigenvalue weighted by Gasteiger charge is -2.28. The fraction of sp³-hybridized carbons (Fsp3) is 0.562. The number of rotatable bonds is 4. The Morgan fingerprint density at radius 3 is 2.40 bits per heavy atom. The molecule has 0 spiro atoms. The van der Waals surface area contributed by atoms with Crippen LogP contribution in [0.25, 0.3) is 0 Å².